The lowest BCUT2D eigenvalue weighted by molar-refractivity contribution is 0.259. The van der Waals surface area contributed by atoms with E-state index in [9.17, 15) is 5.11 Å². The van der Waals surface area contributed by atoms with E-state index in [2.05, 4.69) is 15.9 Å². The molecule has 2 aromatic rings. The standard InChI is InChI=1S/C14H12BrClO2/c15-12-3-6-14(11(7-12)8-17)18-9-10-1-4-13(16)5-2-10/h1-7,17H,8-9H2. The molecule has 0 fully saturated rings. The molecule has 0 spiro atoms. The zero-order chi connectivity index (χ0) is 13.0. The van der Waals surface area contributed by atoms with E-state index >= 15 is 0 Å². The average Bonchev–Trinajstić information content (AvgIpc) is 2.39. The van der Waals surface area contributed by atoms with Crippen molar-refractivity contribution in [2.75, 3.05) is 0 Å². The van der Waals surface area contributed by atoms with Crippen LogP contribution in [0.4, 0.5) is 0 Å². The summed E-state index contributed by atoms with van der Waals surface area (Å²) in [5.41, 5.74) is 1.80. The first-order chi connectivity index (χ1) is 8.69. The molecule has 0 aliphatic rings. The summed E-state index contributed by atoms with van der Waals surface area (Å²) >= 11 is 9.17. The highest BCUT2D eigenvalue weighted by molar-refractivity contribution is 9.10. The molecular weight excluding hydrogens is 316 g/mol. The maximum absolute atomic E-state index is 9.26. The van der Waals surface area contributed by atoms with Crippen molar-refractivity contribution in [3.05, 3.63) is 63.1 Å². The van der Waals surface area contributed by atoms with Gasteiger partial charge in [-0.05, 0) is 35.9 Å². The summed E-state index contributed by atoms with van der Waals surface area (Å²) in [7, 11) is 0. The van der Waals surface area contributed by atoms with Gasteiger partial charge in [-0.2, -0.15) is 0 Å². The molecule has 4 heteroatoms. The van der Waals surface area contributed by atoms with Crippen LogP contribution in [-0.2, 0) is 13.2 Å². The van der Waals surface area contributed by atoms with Crippen LogP contribution in [0.2, 0.25) is 5.02 Å². The maximum atomic E-state index is 9.26. The molecule has 0 unspecified atom stereocenters. The quantitative estimate of drug-likeness (QED) is 0.913. The molecular formula is C14H12BrClO2. The number of aliphatic hydroxyl groups excluding tert-OH is 1. The van der Waals surface area contributed by atoms with Crippen LogP contribution in [0.5, 0.6) is 5.75 Å². The number of benzene rings is 2. The molecule has 1 N–H and O–H groups in total. The molecule has 18 heavy (non-hydrogen) atoms. The number of halogens is 2. The van der Waals surface area contributed by atoms with Gasteiger partial charge in [0.1, 0.15) is 12.4 Å². The van der Waals surface area contributed by atoms with Crippen molar-refractivity contribution < 1.29 is 9.84 Å². The van der Waals surface area contributed by atoms with Gasteiger partial charge in [-0.1, -0.05) is 39.7 Å². The van der Waals surface area contributed by atoms with Crippen molar-refractivity contribution in [2.45, 2.75) is 13.2 Å². The number of aliphatic hydroxyl groups is 1. The number of hydrogen-bond acceptors (Lipinski definition) is 2. The first kappa shape index (κ1) is 13.4. The van der Waals surface area contributed by atoms with Gasteiger partial charge in [0.05, 0.1) is 6.61 Å². The van der Waals surface area contributed by atoms with Crippen LogP contribution in [0.15, 0.2) is 46.9 Å². The highest BCUT2D eigenvalue weighted by Crippen LogP contribution is 2.24. The van der Waals surface area contributed by atoms with Crippen LogP contribution in [0, 0.1) is 0 Å². The van der Waals surface area contributed by atoms with Crippen LogP contribution in [0.3, 0.4) is 0 Å². The minimum atomic E-state index is -0.0462. The fourth-order valence-corrected chi connectivity index (χ4v) is 2.09. The molecule has 0 saturated carbocycles. The molecule has 2 aromatic carbocycles. The molecule has 0 atom stereocenters. The molecule has 0 aliphatic carbocycles. The van der Waals surface area contributed by atoms with Crippen LogP contribution < -0.4 is 4.74 Å². The minimum Gasteiger partial charge on any atom is -0.489 e. The Morgan fingerprint density at radius 3 is 2.50 bits per heavy atom. The zero-order valence-corrected chi connectivity index (χ0v) is 11.9. The van der Waals surface area contributed by atoms with Crippen molar-refractivity contribution in [1.82, 2.24) is 0 Å². The second-order valence-electron chi connectivity index (χ2n) is 3.83. The van der Waals surface area contributed by atoms with Gasteiger partial charge < -0.3 is 9.84 Å². The Kier molecular flexibility index (Phi) is 4.64. The average molecular weight is 328 g/mol. The zero-order valence-electron chi connectivity index (χ0n) is 9.57. The fraction of sp³-hybridized carbons (Fsp3) is 0.143. The Bertz CT molecular complexity index is 526. The normalized spacial score (nSPS) is 10.4. The Morgan fingerprint density at radius 1 is 1.11 bits per heavy atom. The predicted molar refractivity (Wildman–Crippen MR) is 75.8 cm³/mol. The summed E-state index contributed by atoms with van der Waals surface area (Å²) in [5.74, 6) is 0.690. The summed E-state index contributed by atoms with van der Waals surface area (Å²) in [4.78, 5) is 0. The van der Waals surface area contributed by atoms with Crippen LogP contribution in [0.1, 0.15) is 11.1 Å². The smallest absolute Gasteiger partial charge is 0.125 e. The highest BCUT2D eigenvalue weighted by atomic mass is 79.9. The summed E-state index contributed by atoms with van der Waals surface area (Å²) in [5, 5.41) is 9.97. The first-order valence-electron chi connectivity index (χ1n) is 5.45. The van der Waals surface area contributed by atoms with Gasteiger partial charge in [0, 0.05) is 15.1 Å². The van der Waals surface area contributed by atoms with Crippen LogP contribution in [0.25, 0.3) is 0 Å². The second kappa shape index (κ2) is 6.23. The monoisotopic (exact) mass is 326 g/mol. The van der Waals surface area contributed by atoms with E-state index in [1.807, 2.05) is 42.5 Å². The van der Waals surface area contributed by atoms with Gasteiger partial charge >= 0.3 is 0 Å². The Hall–Kier alpha value is -1.03. The molecule has 0 amide bonds. The maximum Gasteiger partial charge on any atom is 0.125 e. The van der Waals surface area contributed by atoms with E-state index in [1.54, 1.807) is 0 Å². The van der Waals surface area contributed by atoms with Crippen molar-refractivity contribution in [3.8, 4) is 5.75 Å². The lowest BCUT2D eigenvalue weighted by atomic mass is 10.2. The number of rotatable bonds is 4. The molecule has 0 aliphatic heterocycles. The van der Waals surface area contributed by atoms with Gasteiger partial charge in [-0.15, -0.1) is 0 Å². The summed E-state index contributed by atoms with van der Waals surface area (Å²) < 4.78 is 6.61. The number of ether oxygens (including phenoxy) is 1. The van der Waals surface area contributed by atoms with E-state index < -0.39 is 0 Å². The van der Waals surface area contributed by atoms with E-state index in [4.69, 9.17) is 16.3 Å². The minimum absolute atomic E-state index is 0.0462. The first-order valence-corrected chi connectivity index (χ1v) is 6.62. The van der Waals surface area contributed by atoms with Crippen LogP contribution in [-0.4, -0.2) is 5.11 Å². The van der Waals surface area contributed by atoms with Crippen molar-refractivity contribution in [2.24, 2.45) is 0 Å². The van der Waals surface area contributed by atoms with Gasteiger partial charge in [0.2, 0.25) is 0 Å². The van der Waals surface area contributed by atoms with Crippen molar-refractivity contribution in [3.63, 3.8) is 0 Å². The fourth-order valence-electron chi connectivity index (χ4n) is 1.55. The van der Waals surface area contributed by atoms with E-state index in [0.717, 1.165) is 15.6 Å². The summed E-state index contributed by atoms with van der Waals surface area (Å²) in [6, 6.07) is 13.1. The SMILES string of the molecule is OCc1cc(Br)ccc1OCc1ccc(Cl)cc1. The largest absolute Gasteiger partial charge is 0.489 e. The molecule has 2 rings (SSSR count). The van der Waals surface area contributed by atoms with Gasteiger partial charge in [0.15, 0.2) is 0 Å². The Labute approximate surface area is 119 Å². The van der Waals surface area contributed by atoms with Crippen molar-refractivity contribution >= 4 is 27.5 Å². The lowest BCUT2D eigenvalue weighted by Gasteiger charge is -2.10. The third-order valence-electron chi connectivity index (χ3n) is 2.50. The highest BCUT2D eigenvalue weighted by Gasteiger charge is 2.04. The van der Waals surface area contributed by atoms with E-state index in [0.29, 0.717) is 17.4 Å². The van der Waals surface area contributed by atoms with Crippen LogP contribution >= 0.6 is 27.5 Å². The molecule has 2 nitrogen and oxygen atoms in total. The van der Waals surface area contributed by atoms with E-state index in [-0.39, 0.29) is 6.61 Å². The topological polar surface area (TPSA) is 29.5 Å². The Morgan fingerprint density at radius 2 is 1.83 bits per heavy atom. The third-order valence-corrected chi connectivity index (χ3v) is 3.25. The third kappa shape index (κ3) is 3.48. The lowest BCUT2D eigenvalue weighted by Crippen LogP contribution is -1.98. The van der Waals surface area contributed by atoms with Gasteiger partial charge in [-0.3, -0.25) is 0 Å². The van der Waals surface area contributed by atoms with E-state index in [1.165, 1.54) is 0 Å². The van der Waals surface area contributed by atoms with Gasteiger partial charge in [0.25, 0.3) is 0 Å². The Balaban J connectivity index is 2.08. The van der Waals surface area contributed by atoms with Gasteiger partial charge in [-0.25, -0.2) is 0 Å². The molecule has 0 heterocycles. The summed E-state index contributed by atoms with van der Waals surface area (Å²) in [6.45, 7) is 0.404. The molecule has 94 valence electrons. The van der Waals surface area contributed by atoms with Crippen molar-refractivity contribution in [1.29, 1.82) is 0 Å². The molecule has 0 radical (unpaired) electrons. The second-order valence-corrected chi connectivity index (χ2v) is 5.18. The molecule has 0 saturated heterocycles. The number of hydrogen-bond donors (Lipinski definition) is 1. The summed E-state index contributed by atoms with van der Waals surface area (Å²) in [6.07, 6.45) is 0. The molecule has 0 bridgehead atoms. The molecule has 0 aromatic heterocycles. The predicted octanol–water partition coefficient (Wildman–Crippen LogP) is 4.17.